The van der Waals surface area contributed by atoms with E-state index < -0.39 is 5.97 Å². The number of hydrogen-bond donors (Lipinski definition) is 0. The van der Waals surface area contributed by atoms with Gasteiger partial charge in [-0.25, -0.2) is 9.18 Å². The quantitative estimate of drug-likeness (QED) is 0.688. The predicted molar refractivity (Wildman–Crippen MR) is 48.1 cm³/mol. The molecule has 0 atom stereocenters. The van der Waals surface area contributed by atoms with Gasteiger partial charge in [0.2, 0.25) is 0 Å². The Morgan fingerprint density at radius 2 is 2.14 bits per heavy atom. The van der Waals surface area contributed by atoms with E-state index in [1.165, 1.54) is 13.2 Å². The highest BCUT2D eigenvalue weighted by atomic mass is 19.1. The van der Waals surface area contributed by atoms with Crippen LogP contribution >= 0.6 is 0 Å². The summed E-state index contributed by atoms with van der Waals surface area (Å²) in [6, 6.07) is 6.15. The van der Waals surface area contributed by atoms with Crippen molar-refractivity contribution in [1.82, 2.24) is 0 Å². The van der Waals surface area contributed by atoms with Crippen LogP contribution in [-0.4, -0.2) is 19.7 Å². The Morgan fingerprint density at radius 3 is 2.79 bits per heavy atom. The molecule has 1 rings (SSSR count). The van der Waals surface area contributed by atoms with Crippen molar-refractivity contribution in [3.8, 4) is 0 Å². The molecule has 1 aromatic rings. The van der Waals surface area contributed by atoms with Crippen molar-refractivity contribution < 1.29 is 18.7 Å². The van der Waals surface area contributed by atoms with Gasteiger partial charge in [0.15, 0.2) is 0 Å². The standard InChI is InChI=1S/C10H11FO3/c1-13-7-10(12)14-6-8-4-2-3-5-9(8)11/h2-5H,6-7H2,1H3. The number of ether oxygens (including phenoxy) is 2. The van der Waals surface area contributed by atoms with Gasteiger partial charge < -0.3 is 9.47 Å². The van der Waals surface area contributed by atoms with Gasteiger partial charge in [0.1, 0.15) is 19.0 Å². The zero-order valence-corrected chi connectivity index (χ0v) is 7.83. The van der Waals surface area contributed by atoms with Crippen molar-refractivity contribution in [2.24, 2.45) is 0 Å². The van der Waals surface area contributed by atoms with Crippen LogP contribution in [0.3, 0.4) is 0 Å². The van der Waals surface area contributed by atoms with E-state index in [1.807, 2.05) is 0 Å². The minimum atomic E-state index is -0.504. The van der Waals surface area contributed by atoms with Gasteiger partial charge in [0, 0.05) is 12.7 Å². The highest BCUT2D eigenvalue weighted by molar-refractivity contribution is 5.70. The first-order valence-corrected chi connectivity index (χ1v) is 4.12. The van der Waals surface area contributed by atoms with Gasteiger partial charge in [0.05, 0.1) is 0 Å². The lowest BCUT2D eigenvalue weighted by Crippen LogP contribution is -2.11. The van der Waals surface area contributed by atoms with Crippen molar-refractivity contribution in [3.05, 3.63) is 35.6 Å². The minimum absolute atomic E-state index is 0.0606. The third-order valence-electron chi connectivity index (χ3n) is 1.61. The van der Waals surface area contributed by atoms with Crippen molar-refractivity contribution >= 4 is 5.97 Å². The van der Waals surface area contributed by atoms with Gasteiger partial charge in [0.25, 0.3) is 0 Å². The Morgan fingerprint density at radius 1 is 1.43 bits per heavy atom. The average Bonchev–Trinajstić information content (AvgIpc) is 2.17. The van der Waals surface area contributed by atoms with Crippen LogP contribution in [0.25, 0.3) is 0 Å². The highest BCUT2D eigenvalue weighted by Gasteiger charge is 2.04. The molecule has 0 aliphatic carbocycles. The summed E-state index contributed by atoms with van der Waals surface area (Å²) in [7, 11) is 1.39. The molecule has 0 saturated heterocycles. The zero-order valence-electron chi connectivity index (χ0n) is 7.83. The largest absolute Gasteiger partial charge is 0.459 e. The molecule has 14 heavy (non-hydrogen) atoms. The van der Waals surface area contributed by atoms with Gasteiger partial charge >= 0.3 is 5.97 Å². The predicted octanol–water partition coefficient (Wildman–Crippen LogP) is 1.52. The summed E-state index contributed by atoms with van der Waals surface area (Å²) in [5, 5.41) is 0. The SMILES string of the molecule is COCC(=O)OCc1ccccc1F. The van der Waals surface area contributed by atoms with Crippen LogP contribution in [0.5, 0.6) is 0 Å². The molecule has 0 N–H and O–H groups in total. The van der Waals surface area contributed by atoms with Crippen LogP contribution in [0, 0.1) is 5.82 Å². The van der Waals surface area contributed by atoms with Crippen LogP contribution in [0.2, 0.25) is 0 Å². The van der Waals surface area contributed by atoms with E-state index in [-0.39, 0.29) is 19.0 Å². The molecule has 0 saturated carbocycles. The molecule has 0 radical (unpaired) electrons. The molecule has 0 aromatic heterocycles. The number of benzene rings is 1. The van der Waals surface area contributed by atoms with Crippen molar-refractivity contribution in [2.75, 3.05) is 13.7 Å². The summed E-state index contributed by atoms with van der Waals surface area (Å²) in [4.78, 5) is 10.9. The molecule has 1 aromatic carbocycles. The van der Waals surface area contributed by atoms with Crippen LogP contribution in [-0.2, 0) is 20.9 Å². The molecular formula is C10H11FO3. The van der Waals surface area contributed by atoms with E-state index in [2.05, 4.69) is 4.74 Å². The second-order valence-corrected chi connectivity index (χ2v) is 2.69. The Kier molecular flexibility index (Phi) is 4.07. The molecule has 0 aliphatic rings. The molecular weight excluding hydrogens is 187 g/mol. The van der Waals surface area contributed by atoms with Gasteiger partial charge in [-0.15, -0.1) is 0 Å². The van der Waals surface area contributed by atoms with Gasteiger partial charge in [-0.3, -0.25) is 0 Å². The average molecular weight is 198 g/mol. The number of methoxy groups -OCH3 is 1. The smallest absolute Gasteiger partial charge is 0.332 e. The summed E-state index contributed by atoms with van der Waals surface area (Å²) < 4.78 is 22.3. The van der Waals surface area contributed by atoms with Crippen LogP contribution in [0.15, 0.2) is 24.3 Å². The van der Waals surface area contributed by atoms with Crippen LogP contribution < -0.4 is 0 Å². The number of rotatable bonds is 4. The first-order valence-electron chi connectivity index (χ1n) is 4.12. The molecule has 0 spiro atoms. The molecule has 0 amide bonds. The molecule has 4 heteroatoms. The normalized spacial score (nSPS) is 9.86. The summed E-state index contributed by atoms with van der Waals surface area (Å²) in [6.45, 7) is -0.177. The highest BCUT2D eigenvalue weighted by Crippen LogP contribution is 2.07. The Balaban J connectivity index is 2.46. The zero-order chi connectivity index (χ0) is 10.4. The third kappa shape index (κ3) is 3.14. The Bertz CT molecular complexity index is 312. The third-order valence-corrected chi connectivity index (χ3v) is 1.61. The van der Waals surface area contributed by atoms with Crippen LogP contribution in [0.1, 0.15) is 5.56 Å². The summed E-state index contributed by atoms with van der Waals surface area (Å²) in [5.41, 5.74) is 0.358. The number of carbonyl (C=O) groups is 1. The Labute approximate surface area is 81.4 Å². The fourth-order valence-corrected chi connectivity index (χ4v) is 0.933. The van der Waals surface area contributed by atoms with Crippen molar-refractivity contribution in [3.63, 3.8) is 0 Å². The number of hydrogen-bond acceptors (Lipinski definition) is 3. The maximum absolute atomic E-state index is 13.0. The molecule has 0 aliphatic heterocycles. The summed E-state index contributed by atoms with van der Waals surface area (Å²) >= 11 is 0. The summed E-state index contributed by atoms with van der Waals surface area (Å²) in [5.74, 6) is -0.881. The maximum atomic E-state index is 13.0. The number of halogens is 1. The number of esters is 1. The van der Waals surface area contributed by atoms with E-state index >= 15 is 0 Å². The second-order valence-electron chi connectivity index (χ2n) is 2.69. The van der Waals surface area contributed by atoms with E-state index in [1.54, 1.807) is 18.2 Å². The first-order chi connectivity index (χ1) is 6.74. The van der Waals surface area contributed by atoms with Gasteiger partial charge in [-0.1, -0.05) is 18.2 Å². The lowest BCUT2D eigenvalue weighted by Gasteiger charge is -2.04. The van der Waals surface area contributed by atoms with E-state index in [0.717, 1.165) is 0 Å². The number of carbonyl (C=O) groups excluding carboxylic acids is 1. The fraction of sp³-hybridized carbons (Fsp3) is 0.300. The monoisotopic (exact) mass is 198 g/mol. The molecule has 0 unspecified atom stereocenters. The molecule has 0 bridgehead atoms. The minimum Gasteiger partial charge on any atom is -0.459 e. The maximum Gasteiger partial charge on any atom is 0.332 e. The van der Waals surface area contributed by atoms with Gasteiger partial charge in [-0.05, 0) is 6.07 Å². The summed E-state index contributed by atoms with van der Waals surface area (Å²) in [6.07, 6.45) is 0. The van der Waals surface area contributed by atoms with Crippen molar-refractivity contribution in [1.29, 1.82) is 0 Å². The fourth-order valence-electron chi connectivity index (χ4n) is 0.933. The lowest BCUT2D eigenvalue weighted by atomic mass is 10.2. The van der Waals surface area contributed by atoms with Gasteiger partial charge in [-0.2, -0.15) is 0 Å². The van der Waals surface area contributed by atoms with Crippen molar-refractivity contribution in [2.45, 2.75) is 6.61 Å². The molecule has 0 heterocycles. The van der Waals surface area contributed by atoms with E-state index in [9.17, 15) is 9.18 Å². The molecule has 3 nitrogen and oxygen atoms in total. The Hall–Kier alpha value is -1.42. The lowest BCUT2D eigenvalue weighted by molar-refractivity contribution is -0.149. The topological polar surface area (TPSA) is 35.5 Å². The second kappa shape index (κ2) is 5.34. The first kappa shape index (κ1) is 10.7. The molecule has 0 fully saturated rings. The van der Waals surface area contributed by atoms with E-state index in [0.29, 0.717) is 5.56 Å². The molecule has 76 valence electrons. The van der Waals surface area contributed by atoms with E-state index in [4.69, 9.17) is 4.74 Å². The van der Waals surface area contributed by atoms with Crippen LogP contribution in [0.4, 0.5) is 4.39 Å².